The largest absolute Gasteiger partial charge is 0.207 e. The quantitative estimate of drug-likeness (QED) is 0.359. The summed E-state index contributed by atoms with van der Waals surface area (Å²) in [7, 11) is 0. The van der Waals surface area contributed by atoms with E-state index in [4.69, 9.17) is 0 Å². The molecule has 3 rings (SSSR count). The molecule has 1 aliphatic rings. The van der Waals surface area contributed by atoms with E-state index in [0.29, 0.717) is 18.8 Å². The molecule has 2 aromatic carbocycles. The number of hydrogen-bond acceptors (Lipinski definition) is 0. The summed E-state index contributed by atoms with van der Waals surface area (Å²) in [5.41, 5.74) is -1.19. The highest BCUT2D eigenvalue weighted by Crippen LogP contribution is 2.41. The lowest BCUT2D eigenvalue weighted by atomic mass is 9.76. The molecular weight excluding hydrogens is 371 g/mol. The zero-order valence-electron chi connectivity index (χ0n) is 16.2. The van der Waals surface area contributed by atoms with Gasteiger partial charge in [-0.25, -0.2) is 22.0 Å². The van der Waals surface area contributed by atoms with Gasteiger partial charge in [0.15, 0.2) is 23.3 Å². The molecule has 1 saturated carbocycles. The Bertz CT molecular complexity index is 851. The van der Waals surface area contributed by atoms with Gasteiger partial charge in [-0.1, -0.05) is 38.8 Å². The van der Waals surface area contributed by atoms with Crippen LogP contribution in [0.5, 0.6) is 0 Å². The summed E-state index contributed by atoms with van der Waals surface area (Å²) in [5, 5.41) is 0. The van der Waals surface area contributed by atoms with Crippen molar-refractivity contribution in [1.29, 1.82) is 0 Å². The third-order valence-corrected chi connectivity index (χ3v) is 5.98. The minimum Gasteiger partial charge on any atom is -0.207 e. The molecule has 5 heteroatoms. The lowest BCUT2D eigenvalue weighted by molar-refractivity contribution is 0.298. The van der Waals surface area contributed by atoms with Crippen molar-refractivity contribution >= 4 is 0 Å². The van der Waals surface area contributed by atoms with Gasteiger partial charge in [0.25, 0.3) is 0 Å². The van der Waals surface area contributed by atoms with E-state index in [0.717, 1.165) is 31.7 Å². The fourth-order valence-electron chi connectivity index (χ4n) is 4.40. The third-order valence-electron chi connectivity index (χ3n) is 5.98. The molecule has 0 bridgehead atoms. The molecule has 0 nitrogen and oxygen atoms in total. The second-order valence-corrected chi connectivity index (χ2v) is 7.71. The molecule has 0 unspecified atom stereocenters. The van der Waals surface area contributed by atoms with Crippen LogP contribution in [-0.4, -0.2) is 0 Å². The molecule has 0 saturated heterocycles. The second-order valence-electron chi connectivity index (χ2n) is 7.71. The number of rotatable bonds is 5. The van der Waals surface area contributed by atoms with E-state index in [-0.39, 0.29) is 23.5 Å². The van der Waals surface area contributed by atoms with Gasteiger partial charge >= 0.3 is 0 Å². The van der Waals surface area contributed by atoms with Gasteiger partial charge in [-0.3, -0.25) is 0 Å². The molecule has 0 radical (unpaired) electrons. The van der Waals surface area contributed by atoms with Gasteiger partial charge in [-0.15, -0.1) is 0 Å². The van der Waals surface area contributed by atoms with Crippen LogP contribution in [0.3, 0.4) is 0 Å². The van der Waals surface area contributed by atoms with Crippen molar-refractivity contribution in [2.45, 2.75) is 64.7 Å². The van der Waals surface area contributed by atoms with Crippen LogP contribution in [0.2, 0.25) is 0 Å². The Hall–Kier alpha value is -1.91. The smallest absolute Gasteiger partial charge is 0.167 e. The van der Waals surface area contributed by atoms with Crippen LogP contribution in [0.15, 0.2) is 18.2 Å². The highest BCUT2D eigenvalue weighted by atomic mass is 19.2. The average Bonchev–Trinajstić information content (AvgIpc) is 2.69. The van der Waals surface area contributed by atoms with Gasteiger partial charge in [0.05, 0.1) is 0 Å². The maximum absolute atomic E-state index is 14.8. The number of benzene rings is 2. The Labute approximate surface area is 162 Å². The second kappa shape index (κ2) is 8.62. The first-order chi connectivity index (χ1) is 13.4. The maximum Gasteiger partial charge on any atom is 0.167 e. The Morgan fingerprint density at radius 3 is 2.04 bits per heavy atom. The van der Waals surface area contributed by atoms with Gasteiger partial charge in [-0.2, -0.15) is 0 Å². The standard InChI is InChI=1S/C23H25F5/c1-3-5-13-6-8-15(9-7-13)19-18(24)12-17(22(27)23(19)28)16-11-10-14(4-2)20(25)21(16)26/h10-13,15H,3-9H2,1-2H3. The molecule has 0 aliphatic heterocycles. The zero-order valence-corrected chi connectivity index (χ0v) is 16.2. The topological polar surface area (TPSA) is 0 Å². The summed E-state index contributed by atoms with van der Waals surface area (Å²) >= 11 is 0. The van der Waals surface area contributed by atoms with Gasteiger partial charge < -0.3 is 0 Å². The first-order valence-corrected chi connectivity index (χ1v) is 10.0. The van der Waals surface area contributed by atoms with Crippen LogP contribution < -0.4 is 0 Å². The third kappa shape index (κ3) is 3.81. The average molecular weight is 396 g/mol. The fraction of sp³-hybridized carbons (Fsp3) is 0.478. The molecule has 0 heterocycles. The molecule has 0 N–H and O–H groups in total. The highest BCUT2D eigenvalue weighted by Gasteiger charge is 2.30. The lowest BCUT2D eigenvalue weighted by Crippen LogP contribution is -2.16. The van der Waals surface area contributed by atoms with Crippen molar-refractivity contribution in [3.05, 3.63) is 58.4 Å². The number of hydrogen-bond donors (Lipinski definition) is 0. The van der Waals surface area contributed by atoms with Crippen LogP contribution in [0.25, 0.3) is 11.1 Å². The molecule has 0 amide bonds. The van der Waals surface area contributed by atoms with E-state index < -0.39 is 40.2 Å². The molecule has 1 fully saturated rings. The molecular formula is C23H25F5. The van der Waals surface area contributed by atoms with Gasteiger partial charge in [0.2, 0.25) is 0 Å². The van der Waals surface area contributed by atoms with E-state index in [1.54, 1.807) is 6.92 Å². The molecule has 0 aromatic heterocycles. The summed E-state index contributed by atoms with van der Waals surface area (Å²) in [6.07, 6.45) is 5.34. The lowest BCUT2D eigenvalue weighted by Gasteiger charge is -2.29. The minimum atomic E-state index is -1.32. The minimum absolute atomic E-state index is 0.128. The van der Waals surface area contributed by atoms with E-state index >= 15 is 0 Å². The van der Waals surface area contributed by atoms with Gasteiger partial charge in [-0.05, 0) is 55.6 Å². The van der Waals surface area contributed by atoms with Gasteiger partial charge in [0, 0.05) is 16.7 Å². The van der Waals surface area contributed by atoms with Crippen LogP contribution in [-0.2, 0) is 6.42 Å². The van der Waals surface area contributed by atoms with Crippen molar-refractivity contribution in [2.75, 3.05) is 0 Å². The predicted octanol–water partition coefficient (Wildman–Crippen LogP) is 7.69. The molecule has 152 valence electrons. The Morgan fingerprint density at radius 2 is 1.43 bits per heavy atom. The van der Waals surface area contributed by atoms with Crippen LogP contribution in [0.4, 0.5) is 22.0 Å². The monoisotopic (exact) mass is 396 g/mol. The maximum atomic E-state index is 14.8. The van der Waals surface area contributed by atoms with E-state index in [2.05, 4.69) is 6.92 Å². The Kier molecular flexibility index (Phi) is 6.41. The van der Waals surface area contributed by atoms with Crippen molar-refractivity contribution in [2.24, 2.45) is 5.92 Å². The van der Waals surface area contributed by atoms with Crippen molar-refractivity contribution in [3.8, 4) is 11.1 Å². The highest BCUT2D eigenvalue weighted by molar-refractivity contribution is 5.66. The summed E-state index contributed by atoms with van der Waals surface area (Å²) in [6.45, 7) is 3.76. The molecule has 0 spiro atoms. The summed E-state index contributed by atoms with van der Waals surface area (Å²) in [5.74, 6) is -5.75. The van der Waals surface area contributed by atoms with Crippen molar-refractivity contribution in [1.82, 2.24) is 0 Å². The Morgan fingerprint density at radius 1 is 0.786 bits per heavy atom. The Balaban J connectivity index is 1.97. The van der Waals surface area contributed by atoms with E-state index in [9.17, 15) is 22.0 Å². The van der Waals surface area contributed by atoms with Crippen molar-refractivity contribution in [3.63, 3.8) is 0 Å². The van der Waals surface area contributed by atoms with Crippen LogP contribution in [0, 0.1) is 35.0 Å². The van der Waals surface area contributed by atoms with Gasteiger partial charge in [0.1, 0.15) is 5.82 Å². The summed E-state index contributed by atoms with van der Waals surface area (Å²) < 4.78 is 72.7. The molecule has 2 aromatic rings. The zero-order chi connectivity index (χ0) is 20.4. The fourth-order valence-corrected chi connectivity index (χ4v) is 4.40. The summed E-state index contributed by atoms with van der Waals surface area (Å²) in [4.78, 5) is 0. The normalized spacial score (nSPS) is 19.8. The first kappa shape index (κ1) is 20.8. The predicted molar refractivity (Wildman–Crippen MR) is 101 cm³/mol. The number of aryl methyl sites for hydroxylation is 1. The molecule has 0 atom stereocenters. The number of halogens is 5. The van der Waals surface area contributed by atoms with Crippen molar-refractivity contribution < 1.29 is 22.0 Å². The summed E-state index contributed by atoms with van der Waals surface area (Å²) in [6, 6.07) is 3.28. The van der Waals surface area contributed by atoms with Crippen LogP contribution in [0.1, 0.15) is 69.4 Å². The molecule has 1 aliphatic carbocycles. The molecule has 28 heavy (non-hydrogen) atoms. The SMILES string of the molecule is CCCC1CCC(c2c(F)cc(-c3ccc(CC)c(F)c3F)c(F)c2F)CC1. The first-order valence-electron chi connectivity index (χ1n) is 10.0. The van der Waals surface area contributed by atoms with E-state index in [1.165, 1.54) is 12.1 Å². The van der Waals surface area contributed by atoms with Crippen LogP contribution >= 0.6 is 0 Å². The van der Waals surface area contributed by atoms with E-state index in [1.807, 2.05) is 0 Å².